The maximum Gasteiger partial charge on any atom is 0.430 e. The van der Waals surface area contributed by atoms with Gasteiger partial charge in [-0.2, -0.15) is 17.8 Å². The number of fused-ring (bicyclic) bond motifs is 1. The van der Waals surface area contributed by atoms with Crippen molar-refractivity contribution < 1.29 is 37.3 Å². The van der Waals surface area contributed by atoms with E-state index in [4.69, 9.17) is 19.5 Å². The summed E-state index contributed by atoms with van der Waals surface area (Å²) >= 11 is 0. The molecule has 2 saturated heterocycles. The van der Waals surface area contributed by atoms with Gasteiger partial charge in [-0.15, -0.1) is 0 Å². The number of aliphatic carboxylic acids is 1. The van der Waals surface area contributed by atoms with Crippen molar-refractivity contribution in [2.24, 2.45) is 0 Å². The van der Waals surface area contributed by atoms with Gasteiger partial charge in [-0.05, 0) is 6.42 Å². The molecule has 140 valence electrons. The Morgan fingerprint density at radius 1 is 1.40 bits per heavy atom. The van der Waals surface area contributed by atoms with E-state index < -0.39 is 12.1 Å². The fourth-order valence-electron chi connectivity index (χ4n) is 3.32. The second-order valence-corrected chi connectivity index (χ2v) is 6.36. The molecule has 0 spiro atoms. The number of benzene rings is 1. The molecule has 2 fully saturated rings. The van der Waals surface area contributed by atoms with Crippen molar-refractivity contribution in [3.8, 4) is 0 Å². The van der Waals surface area contributed by atoms with Crippen molar-refractivity contribution in [1.82, 2.24) is 0 Å². The van der Waals surface area contributed by atoms with Gasteiger partial charge in [-0.3, -0.25) is 0 Å². The molecule has 2 aliphatic rings. The average Bonchev–Trinajstić information content (AvgIpc) is 3.29. The first kappa shape index (κ1) is 19.7. The number of halogens is 3. The van der Waals surface area contributed by atoms with Gasteiger partial charge in [0.15, 0.2) is 0 Å². The van der Waals surface area contributed by atoms with Crippen molar-refractivity contribution in [3.63, 3.8) is 0 Å². The zero-order valence-electron chi connectivity index (χ0n) is 14.2. The van der Waals surface area contributed by atoms with E-state index in [9.17, 15) is 13.2 Å². The summed E-state index contributed by atoms with van der Waals surface area (Å²) in [7, 11) is 1.83. The predicted molar refractivity (Wildman–Crippen MR) is 80.7 cm³/mol. The number of carbonyl (C=O) groups excluding carboxylic acids is 1. The van der Waals surface area contributed by atoms with Crippen LogP contribution in [0.25, 0.3) is 0 Å². The second-order valence-electron chi connectivity index (χ2n) is 6.36. The van der Waals surface area contributed by atoms with Crippen LogP contribution in [0.5, 0.6) is 0 Å². The monoisotopic (exact) mass is 361 g/mol. The first-order chi connectivity index (χ1) is 11.7. The number of likely N-dealkylation sites (tertiary alicyclic amines) is 1. The molecule has 2 heterocycles. The number of carbonyl (C=O) groups is 1. The maximum absolute atomic E-state index is 10.5. The zero-order valence-corrected chi connectivity index (χ0v) is 14.2. The van der Waals surface area contributed by atoms with Crippen LogP contribution >= 0.6 is 0 Å². The summed E-state index contributed by atoms with van der Waals surface area (Å²) in [4.78, 5) is 14.6. The molecule has 0 aromatic heterocycles. The Morgan fingerprint density at radius 2 is 2.00 bits per heavy atom. The summed E-state index contributed by atoms with van der Waals surface area (Å²) in [6.07, 6.45) is -2.50. The van der Waals surface area contributed by atoms with Gasteiger partial charge in [-0.25, -0.2) is 4.84 Å². The summed E-state index contributed by atoms with van der Waals surface area (Å²) in [5, 5.41) is 8.78. The molecule has 0 saturated carbocycles. The third-order valence-electron chi connectivity index (χ3n) is 4.79. The minimum absolute atomic E-state index is 0.100. The third kappa shape index (κ3) is 4.71. The number of piperidine rings is 1. The van der Waals surface area contributed by atoms with Gasteiger partial charge in [0.2, 0.25) is 0 Å². The molecule has 3 unspecified atom stereocenters. The van der Waals surface area contributed by atoms with E-state index in [1.54, 1.807) is 0 Å². The fourth-order valence-corrected chi connectivity index (χ4v) is 3.32. The first-order valence-corrected chi connectivity index (χ1v) is 8.08. The van der Waals surface area contributed by atoms with E-state index in [1.165, 1.54) is 5.56 Å². The molecule has 0 N–H and O–H groups in total. The van der Waals surface area contributed by atoms with Crippen molar-refractivity contribution >= 4 is 5.97 Å². The van der Waals surface area contributed by atoms with Crippen LogP contribution in [-0.2, 0) is 20.9 Å². The Kier molecular flexibility index (Phi) is 5.75. The van der Waals surface area contributed by atoms with E-state index in [0.717, 1.165) is 32.5 Å². The van der Waals surface area contributed by atoms with Gasteiger partial charge in [0, 0.05) is 12.0 Å². The molecule has 25 heavy (non-hydrogen) atoms. The number of carboxylic acid groups (broad SMARTS) is 1. The molecular formula is C17H22F3NO4. The highest BCUT2D eigenvalue weighted by atomic mass is 19.4. The van der Waals surface area contributed by atoms with Gasteiger partial charge in [0.05, 0.1) is 13.2 Å². The Balaban J connectivity index is 0.000000277. The van der Waals surface area contributed by atoms with E-state index in [-0.39, 0.29) is 5.60 Å². The number of hydrogen-bond donors (Lipinski definition) is 0. The molecule has 1 aromatic carbocycles. The van der Waals surface area contributed by atoms with Gasteiger partial charge < -0.3 is 14.6 Å². The van der Waals surface area contributed by atoms with Crippen molar-refractivity contribution in [1.29, 1.82) is 0 Å². The topological polar surface area (TPSA) is 61.9 Å². The third-order valence-corrected chi connectivity index (χ3v) is 4.79. The lowest BCUT2D eigenvalue weighted by Gasteiger charge is -2.38. The number of rotatable bonds is 4. The largest absolute Gasteiger partial charge is 0.542 e. The van der Waals surface area contributed by atoms with E-state index in [2.05, 4.69) is 37.3 Å². The number of carboxylic acids is 1. The molecule has 2 aliphatic heterocycles. The number of hydroxylamine groups is 3. The van der Waals surface area contributed by atoms with E-state index in [1.807, 2.05) is 7.11 Å². The lowest BCUT2D eigenvalue weighted by Crippen LogP contribution is -2.56. The zero-order chi connectivity index (χ0) is 18.7. The molecule has 0 radical (unpaired) electrons. The molecule has 0 bridgehead atoms. The lowest BCUT2D eigenvalue weighted by molar-refractivity contribution is -1.12. The summed E-state index contributed by atoms with van der Waals surface area (Å²) in [6, 6.07) is 10.6. The number of nitrogens with zero attached hydrogens (tertiary/aromatic N) is 1. The van der Waals surface area contributed by atoms with E-state index >= 15 is 0 Å². The molecular weight excluding hydrogens is 339 g/mol. The smallest absolute Gasteiger partial charge is 0.430 e. The molecule has 3 rings (SSSR count). The summed E-state index contributed by atoms with van der Waals surface area (Å²) < 4.78 is 38.2. The van der Waals surface area contributed by atoms with Crippen LogP contribution < -0.4 is 5.11 Å². The van der Waals surface area contributed by atoms with Gasteiger partial charge in [0.25, 0.3) is 0 Å². The van der Waals surface area contributed by atoms with Crippen LogP contribution in [0.4, 0.5) is 13.2 Å². The quantitative estimate of drug-likeness (QED) is 0.606. The van der Waals surface area contributed by atoms with Crippen molar-refractivity contribution in [2.75, 3.05) is 20.2 Å². The Labute approximate surface area is 144 Å². The molecule has 8 heteroatoms. The number of ether oxygens (including phenoxy) is 1. The minimum Gasteiger partial charge on any atom is -0.542 e. The van der Waals surface area contributed by atoms with Gasteiger partial charge >= 0.3 is 6.18 Å². The predicted octanol–water partition coefficient (Wildman–Crippen LogP) is 1.81. The number of hydrogen-bond acceptors (Lipinski definition) is 4. The van der Waals surface area contributed by atoms with Crippen LogP contribution in [0.15, 0.2) is 30.3 Å². The second kappa shape index (κ2) is 7.31. The Morgan fingerprint density at radius 3 is 2.48 bits per heavy atom. The van der Waals surface area contributed by atoms with Gasteiger partial charge in [0.1, 0.15) is 31.2 Å². The maximum atomic E-state index is 10.5. The standard InChI is InChI=1S/C15H22NO2.C2HF3O2/c1-3-15-12-16(17-2,10-9-14(15)18-15)11-13-7-5-4-6-8-13;3-2(4,5)1(6)7/h4-8,14H,3,9-12H2,1-2H3;(H,6,7)/q+1;/p-1. The lowest BCUT2D eigenvalue weighted by atomic mass is 9.94. The molecule has 0 amide bonds. The highest BCUT2D eigenvalue weighted by Crippen LogP contribution is 2.48. The van der Waals surface area contributed by atoms with Crippen molar-refractivity contribution in [2.45, 2.75) is 44.2 Å². The van der Waals surface area contributed by atoms with Crippen LogP contribution in [0.3, 0.4) is 0 Å². The van der Waals surface area contributed by atoms with Crippen LogP contribution in [0.2, 0.25) is 0 Å². The summed E-state index contributed by atoms with van der Waals surface area (Å²) in [5.41, 5.74) is 1.44. The summed E-state index contributed by atoms with van der Waals surface area (Å²) in [6.45, 7) is 5.20. The van der Waals surface area contributed by atoms with E-state index in [0.29, 0.717) is 10.8 Å². The fraction of sp³-hybridized carbons (Fsp3) is 0.588. The SMILES string of the molecule is CCC12C[N+](Cc3ccccc3)(OC)CCC1O2.O=C([O-])C(F)(F)F. The Hall–Kier alpha value is -1.64. The average molecular weight is 361 g/mol. The molecule has 1 aromatic rings. The number of quaternary nitrogens is 1. The van der Waals surface area contributed by atoms with Gasteiger partial charge in [-0.1, -0.05) is 37.3 Å². The number of alkyl halides is 3. The normalized spacial score (nSPS) is 30.7. The minimum atomic E-state index is -5.19. The summed E-state index contributed by atoms with van der Waals surface area (Å²) in [5.74, 6) is -3.01. The Bertz CT molecular complexity index is 595. The van der Waals surface area contributed by atoms with Crippen LogP contribution in [0, 0.1) is 0 Å². The molecule has 5 nitrogen and oxygen atoms in total. The highest BCUT2D eigenvalue weighted by molar-refractivity contribution is 5.70. The first-order valence-electron chi connectivity index (χ1n) is 8.08. The molecule has 0 aliphatic carbocycles. The molecule has 3 atom stereocenters. The number of epoxide rings is 1. The van der Waals surface area contributed by atoms with Crippen LogP contribution in [-0.4, -0.2) is 48.7 Å². The van der Waals surface area contributed by atoms with Crippen LogP contribution in [0.1, 0.15) is 25.3 Å². The highest BCUT2D eigenvalue weighted by Gasteiger charge is 2.64. The van der Waals surface area contributed by atoms with Crippen molar-refractivity contribution in [3.05, 3.63) is 35.9 Å².